The van der Waals surface area contributed by atoms with Crippen LogP contribution >= 0.6 is 11.8 Å². The predicted molar refractivity (Wildman–Crippen MR) is 163 cm³/mol. The van der Waals surface area contributed by atoms with Gasteiger partial charge in [-0.1, -0.05) is 31.2 Å². The Balaban J connectivity index is 1.52. The molecule has 3 amide bonds. The summed E-state index contributed by atoms with van der Waals surface area (Å²) in [6.07, 6.45) is 5.21. The van der Waals surface area contributed by atoms with E-state index in [-0.39, 0.29) is 22.5 Å². The van der Waals surface area contributed by atoms with E-state index in [0.717, 1.165) is 4.90 Å². The van der Waals surface area contributed by atoms with Crippen LogP contribution in [0.5, 0.6) is 0 Å². The quantitative estimate of drug-likeness (QED) is 0.0865. The second-order valence-electron chi connectivity index (χ2n) is 8.95. The number of nitro groups is 1. The Labute approximate surface area is 246 Å². The smallest absolute Gasteiger partial charge is 0.272 e. The highest BCUT2D eigenvalue weighted by Crippen LogP contribution is 2.29. The molecule has 11 heteroatoms. The maximum absolute atomic E-state index is 13.4. The molecule has 4 rings (SSSR count). The summed E-state index contributed by atoms with van der Waals surface area (Å²) in [5.41, 5.74) is 1.79. The number of nitrogens with one attached hydrogen (secondary N) is 3. The maximum atomic E-state index is 13.4. The first-order chi connectivity index (χ1) is 20.3. The van der Waals surface area contributed by atoms with Crippen molar-refractivity contribution >= 4 is 52.6 Å². The van der Waals surface area contributed by atoms with Gasteiger partial charge in [-0.05, 0) is 72.7 Å². The lowest BCUT2D eigenvalue weighted by Crippen LogP contribution is -2.30. The zero-order chi connectivity index (χ0) is 29.9. The summed E-state index contributed by atoms with van der Waals surface area (Å²) in [5, 5.41) is 19.0. The molecule has 0 aliphatic carbocycles. The molecule has 0 fully saturated rings. The minimum Gasteiger partial charge on any atom is -0.325 e. The number of anilines is 2. The molecule has 3 N–H and O–H groups in total. The molecule has 0 aliphatic heterocycles. The number of non-ortho nitro benzene ring substituents is 1. The van der Waals surface area contributed by atoms with Crippen molar-refractivity contribution in [3.05, 3.63) is 130 Å². The topological polar surface area (TPSA) is 143 Å². The van der Waals surface area contributed by atoms with Gasteiger partial charge in [0.15, 0.2) is 0 Å². The Kier molecular flexibility index (Phi) is 10.2. The monoisotopic (exact) mass is 581 g/mol. The van der Waals surface area contributed by atoms with E-state index in [0.29, 0.717) is 28.9 Å². The molecule has 1 aromatic heterocycles. The molecule has 212 valence electrons. The summed E-state index contributed by atoms with van der Waals surface area (Å²) in [4.78, 5) is 54.3. The van der Waals surface area contributed by atoms with Crippen molar-refractivity contribution in [2.45, 2.75) is 23.5 Å². The number of amides is 3. The number of hydrogen-bond acceptors (Lipinski definition) is 7. The van der Waals surface area contributed by atoms with Crippen LogP contribution in [0, 0.1) is 10.1 Å². The minimum atomic E-state index is -0.595. The van der Waals surface area contributed by atoms with E-state index in [9.17, 15) is 24.5 Å². The average molecular weight is 582 g/mol. The Morgan fingerprint density at radius 3 is 2.29 bits per heavy atom. The molecule has 4 aromatic rings. The fraction of sp³-hybridized carbons (Fsp3) is 0.0968. The van der Waals surface area contributed by atoms with E-state index in [2.05, 4.69) is 20.9 Å². The summed E-state index contributed by atoms with van der Waals surface area (Å²) in [6.45, 7) is 1.92. The molecule has 0 saturated heterocycles. The first-order valence-corrected chi connectivity index (χ1v) is 13.8. The van der Waals surface area contributed by atoms with Gasteiger partial charge in [0.2, 0.25) is 5.91 Å². The summed E-state index contributed by atoms with van der Waals surface area (Å²) in [7, 11) is 0. The van der Waals surface area contributed by atoms with Gasteiger partial charge in [-0.25, -0.2) is 0 Å². The third-order valence-electron chi connectivity index (χ3n) is 5.93. The van der Waals surface area contributed by atoms with Crippen molar-refractivity contribution in [2.75, 3.05) is 10.6 Å². The van der Waals surface area contributed by atoms with E-state index >= 15 is 0 Å². The van der Waals surface area contributed by atoms with Crippen molar-refractivity contribution < 1.29 is 19.3 Å². The lowest BCUT2D eigenvalue weighted by molar-refractivity contribution is -0.384. The van der Waals surface area contributed by atoms with Crippen LogP contribution in [0.1, 0.15) is 29.3 Å². The van der Waals surface area contributed by atoms with Crippen molar-refractivity contribution in [3.63, 3.8) is 0 Å². The van der Waals surface area contributed by atoms with E-state index in [1.807, 2.05) is 13.0 Å². The summed E-state index contributed by atoms with van der Waals surface area (Å²) in [6, 6.07) is 24.5. The Bertz CT molecular complexity index is 1600. The molecule has 0 aliphatic rings. The zero-order valence-corrected chi connectivity index (χ0v) is 23.3. The lowest BCUT2D eigenvalue weighted by Gasteiger charge is -2.16. The van der Waals surface area contributed by atoms with Crippen molar-refractivity contribution in [3.8, 4) is 0 Å². The molecule has 0 spiro atoms. The van der Waals surface area contributed by atoms with Crippen molar-refractivity contribution in [1.82, 2.24) is 10.3 Å². The average Bonchev–Trinajstić information content (AvgIpc) is 3.00. The van der Waals surface area contributed by atoms with Gasteiger partial charge in [-0.2, -0.15) is 0 Å². The standard InChI is InChI=1S/C31H27N5O5S/c1-2-28(31(39)33-23-15-17-32-18-16-23)42-26-10-6-9-24(20-26)34-30(38)27(35-29(37)22-7-4-3-5-8-22)19-21-11-13-25(14-12-21)36(40)41/h3-20,28H,2H2,1H3,(H,34,38)(H,35,37)(H,32,33,39)/b27-19+. The zero-order valence-electron chi connectivity index (χ0n) is 22.5. The Hall–Kier alpha value is -5.29. The van der Waals surface area contributed by atoms with Gasteiger partial charge < -0.3 is 16.0 Å². The Morgan fingerprint density at radius 2 is 1.62 bits per heavy atom. The third kappa shape index (κ3) is 8.35. The number of rotatable bonds is 11. The first kappa shape index (κ1) is 29.7. The number of benzene rings is 3. The molecular formula is C31H27N5O5S. The number of aromatic nitrogens is 1. The second kappa shape index (κ2) is 14.4. The fourth-order valence-corrected chi connectivity index (χ4v) is 4.80. The molecule has 3 aromatic carbocycles. The fourth-order valence-electron chi connectivity index (χ4n) is 3.79. The van der Waals surface area contributed by atoms with Crippen LogP contribution in [-0.2, 0) is 9.59 Å². The number of nitro benzene ring substituents is 1. The molecule has 42 heavy (non-hydrogen) atoms. The van der Waals surface area contributed by atoms with Crippen molar-refractivity contribution in [2.24, 2.45) is 0 Å². The molecule has 10 nitrogen and oxygen atoms in total. The third-order valence-corrected chi connectivity index (χ3v) is 7.28. The highest BCUT2D eigenvalue weighted by Gasteiger charge is 2.19. The van der Waals surface area contributed by atoms with Gasteiger partial charge in [0.25, 0.3) is 17.5 Å². The van der Waals surface area contributed by atoms with Crippen LogP contribution in [0.25, 0.3) is 6.08 Å². The number of pyridine rings is 1. The number of hydrogen-bond donors (Lipinski definition) is 3. The molecule has 1 heterocycles. The highest BCUT2D eigenvalue weighted by molar-refractivity contribution is 8.00. The van der Waals surface area contributed by atoms with Crippen LogP contribution in [0.15, 0.2) is 114 Å². The number of nitrogens with zero attached hydrogens (tertiary/aromatic N) is 2. The molecule has 1 unspecified atom stereocenters. The van der Waals surface area contributed by atoms with Crippen LogP contribution < -0.4 is 16.0 Å². The van der Waals surface area contributed by atoms with Gasteiger partial charge in [-0.3, -0.25) is 29.5 Å². The summed E-state index contributed by atoms with van der Waals surface area (Å²) in [5.74, 6) is -1.24. The van der Waals surface area contributed by atoms with E-state index in [4.69, 9.17) is 0 Å². The van der Waals surface area contributed by atoms with E-state index in [1.54, 1.807) is 73.1 Å². The molecular weight excluding hydrogens is 554 g/mol. The molecule has 1 atom stereocenters. The van der Waals surface area contributed by atoms with Crippen LogP contribution in [-0.4, -0.2) is 32.9 Å². The normalized spacial score (nSPS) is 11.7. The number of carbonyl (C=O) groups excluding carboxylic acids is 3. The molecule has 0 bridgehead atoms. The summed E-state index contributed by atoms with van der Waals surface area (Å²) >= 11 is 1.36. The largest absolute Gasteiger partial charge is 0.325 e. The minimum absolute atomic E-state index is 0.0566. The van der Waals surface area contributed by atoms with Gasteiger partial charge in [-0.15, -0.1) is 11.8 Å². The van der Waals surface area contributed by atoms with Gasteiger partial charge in [0, 0.05) is 46.4 Å². The second-order valence-corrected chi connectivity index (χ2v) is 10.2. The Morgan fingerprint density at radius 1 is 0.905 bits per heavy atom. The lowest BCUT2D eigenvalue weighted by atomic mass is 10.1. The van der Waals surface area contributed by atoms with E-state index < -0.39 is 16.7 Å². The van der Waals surface area contributed by atoms with Crippen molar-refractivity contribution in [1.29, 1.82) is 0 Å². The van der Waals surface area contributed by atoms with Gasteiger partial charge >= 0.3 is 0 Å². The van der Waals surface area contributed by atoms with Crippen LogP contribution in [0.3, 0.4) is 0 Å². The molecule has 0 radical (unpaired) electrons. The molecule has 0 saturated carbocycles. The predicted octanol–water partition coefficient (Wildman–Crippen LogP) is 5.91. The first-order valence-electron chi connectivity index (χ1n) is 12.9. The SMILES string of the molecule is CCC(Sc1cccc(NC(=O)/C(=C\c2ccc([N+](=O)[O-])cc2)NC(=O)c2ccccc2)c1)C(=O)Nc1ccncc1. The van der Waals surface area contributed by atoms with Crippen LogP contribution in [0.4, 0.5) is 17.1 Å². The number of carbonyl (C=O) groups is 3. The maximum Gasteiger partial charge on any atom is 0.272 e. The van der Waals surface area contributed by atoms with E-state index in [1.165, 1.54) is 42.1 Å². The van der Waals surface area contributed by atoms with Crippen LogP contribution in [0.2, 0.25) is 0 Å². The highest BCUT2D eigenvalue weighted by atomic mass is 32.2. The number of thioether (sulfide) groups is 1. The summed E-state index contributed by atoms with van der Waals surface area (Å²) < 4.78 is 0. The van der Waals surface area contributed by atoms with Gasteiger partial charge in [0.1, 0.15) is 5.70 Å². The van der Waals surface area contributed by atoms with Gasteiger partial charge in [0.05, 0.1) is 10.2 Å².